The average Bonchev–Trinajstić information content (AvgIpc) is 3.34. The van der Waals surface area contributed by atoms with E-state index in [2.05, 4.69) is 45.1 Å². The van der Waals surface area contributed by atoms with Crippen LogP contribution in [-0.4, -0.2) is 37.2 Å². The molecule has 1 unspecified atom stereocenters. The van der Waals surface area contributed by atoms with E-state index in [1.165, 1.54) is 225 Å². The molecule has 0 aromatic carbocycles. The van der Waals surface area contributed by atoms with Crippen LogP contribution in [0.25, 0.3) is 0 Å². The highest BCUT2D eigenvalue weighted by Crippen LogP contribution is 2.17. The number of ether oxygens (including phenoxy) is 3. The second-order valence-electron chi connectivity index (χ2n) is 20.6. The lowest BCUT2D eigenvalue weighted by molar-refractivity contribution is -0.167. The van der Waals surface area contributed by atoms with Crippen molar-refractivity contribution in [2.75, 3.05) is 13.2 Å². The minimum Gasteiger partial charge on any atom is -0.462 e. The molecule has 1 atom stereocenters. The Morgan fingerprint density at radius 3 is 0.779 bits per heavy atom. The van der Waals surface area contributed by atoms with E-state index < -0.39 is 6.10 Å². The predicted molar refractivity (Wildman–Crippen MR) is 293 cm³/mol. The van der Waals surface area contributed by atoms with Crippen LogP contribution >= 0.6 is 0 Å². The molecule has 0 N–H and O–H groups in total. The summed E-state index contributed by atoms with van der Waals surface area (Å²) in [5.74, 6) is -0.871. The lowest BCUT2D eigenvalue weighted by Gasteiger charge is -2.18. The fourth-order valence-corrected chi connectivity index (χ4v) is 9.07. The first-order valence-electron chi connectivity index (χ1n) is 30.3. The third-order valence-corrected chi connectivity index (χ3v) is 13.7. The predicted octanol–water partition coefficient (Wildman–Crippen LogP) is 20.3. The van der Waals surface area contributed by atoms with Gasteiger partial charge in [0, 0.05) is 19.3 Å². The average molecular weight is 958 g/mol. The maximum absolute atomic E-state index is 12.8. The molecule has 0 bridgehead atoms. The maximum Gasteiger partial charge on any atom is 0.306 e. The minimum atomic E-state index is -0.775. The number of carbonyl (C=O) groups excluding carboxylic acids is 3. The topological polar surface area (TPSA) is 78.9 Å². The van der Waals surface area contributed by atoms with Crippen LogP contribution < -0.4 is 0 Å². The number of hydrogen-bond donors (Lipinski definition) is 0. The summed E-state index contributed by atoms with van der Waals surface area (Å²) < 4.78 is 16.9. The first kappa shape index (κ1) is 65.9. The Bertz CT molecular complexity index is 1100. The summed E-state index contributed by atoms with van der Waals surface area (Å²) in [6.45, 7) is 6.64. The first-order chi connectivity index (χ1) is 33.5. The standard InChI is InChI=1S/C62H116O6/c1-4-7-10-13-16-19-22-24-26-28-29-30-31-32-33-34-36-37-40-43-46-49-52-55-61(64)67-58-59(57-66-60(63)54-51-48-45-42-39-21-18-15-12-9-6-3)68-62(65)56-53-50-47-44-41-38-35-27-25-23-20-17-14-11-8-5-2/h15,18,27,35,59H,4-14,16-17,19-26,28-34,36-58H2,1-3H3/b18-15-,35-27-. The summed E-state index contributed by atoms with van der Waals surface area (Å²) in [7, 11) is 0. The zero-order chi connectivity index (χ0) is 49.3. The van der Waals surface area contributed by atoms with Crippen molar-refractivity contribution >= 4 is 17.9 Å². The van der Waals surface area contributed by atoms with E-state index in [0.717, 1.165) is 70.6 Å². The molecular weight excluding hydrogens is 841 g/mol. The van der Waals surface area contributed by atoms with Crippen molar-refractivity contribution in [2.45, 2.75) is 341 Å². The molecule has 0 saturated carbocycles. The van der Waals surface area contributed by atoms with Crippen LogP contribution in [0.5, 0.6) is 0 Å². The second kappa shape index (κ2) is 57.5. The van der Waals surface area contributed by atoms with Crippen LogP contribution in [0.15, 0.2) is 24.3 Å². The van der Waals surface area contributed by atoms with Crippen molar-refractivity contribution in [3.63, 3.8) is 0 Å². The number of carbonyl (C=O) groups is 3. The van der Waals surface area contributed by atoms with Crippen molar-refractivity contribution in [3.8, 4) is 0 Å². The zero-order valence-electron chi connectivity index (χ0n) is 45.9. The molecule has 0 amide bonds. The number of allylic oxidation sites excluding steroid dienone is 4. The van der Waals surface area contributed by atoms with E-state index in [-0.39, 0.29) is 31.1 Å². The van der Waals surface area contributed by atoms with Gasteiger partial charge in [-0.05, 0) is 64.2 Å². The van der Waals surface area contributed by atoms with Crippen molar-refractivity contribution in [1.29, 1.82) is 0 Å². The molecule has 0 saturated heterocycles. The minimum absolute atomic E-state index is 0.0728. The zero-order valence-corrected chi connectivity index (χ0v) is 45.9. The molecule has 6 heteroatoms. The molecular formula is C62H116O6. The van der Waals surface area contributed by atoms with Crippen LogP contribution in [0.4, 0.5) is 0 Å². The Morgan fingerprint density at radius 1 is 0.279 bits per heavy atom. The van der Waals surface area contributed by atoms with Gasteiger partial charge >= 0.3 is 17.9 Å². The van der Waals surface area contributed by atoms with Crippen molar-refractivity contribution in [3.05, 3.63) is 24.3 Å². The summed E-state index contributed by atoms with van der Waals surface area (Å²) in [5.41, 5.74) is 0. The highest BCUT2D eigenvalue weighted by atomic mass is 16.6. The normalized spacial score (nSPS) is 12.1. The Balaban J connectivity index is 4.22. The third-order valence-electron chi connectivity index (χ3n) is 13.7. The lowest BCUT2D eigenvalue weighted by atomic mass is 10.0. The Labute approximate surface area is 423 Å². The van der Waals surface area contributed by atoms with Gasteiger partial charge in [0.2, 0.25) is 0 Å². The highest BCUT2D eigenvalue weighted by Gasteiger charge is 2.19. The van der Waals surface area contributed by atoms with Gasteiger partial charge in [-0.25, -0.2) is 0 Å². The van der Waals surface area contributed by atoms with Gasteiger partial charge in [-0.1, -0.05) is 276 Å². The number of unbranched alkanes of at least 4 members (excludes halogenated alkanes) is 41. The van der Waals surface area contributed by atoms with E-state index in [4.69, 9.17) is 14.2 Å². The summed E-state index contributed by atoms with van der Waals surface area (Å²) in [6.07, 6.45) is 67.6. The molecule has 0 aliphatic rings. The van der Waals surface area contributed by atoms with Crippen LogP contribution in [-0.2, 0) is 28.6 Å². The van der Waals surface area contributed by atoms with E-state index in [0.29, 0.717) is 19.3 Å². The monoisotopic (exact) mass is 957 g/mol. The molecule has 400 valence electrons. The van der Waals surface area contributed by atoms with Crippen LogP contribution in [0.1, 0.15) is 335 Å². The molecule has 0 aromatic heterocycles. The van der Waals surface area contributed by atoms with Gasteiger partial charge in [-0.15, -0.1) is 0 Å². The van der Waals surface area contributed by atoms with Crippen LogP contribution in [0.3, 0.4) is 0 Å². The van der Waals surface area contributed by atoms with E-state index in [9.17, 15) is 14.4 Å². The molecule has 0 aromatic rings. The smallest absolute Gasteiger partial charge is 0.306 e. The van der Waals surface area contributed by atoms with E-state index in [1.54, 1.807) is 0 Å². The quantitative estimate of drug-likeness (QED) is 0.0262. The summed E-state index contributed by atoms with van der Waals surface area (Å²) in [6, 6.07) is 0. The second-order valence-corrected chi connectivity index (χ2v) is 20.6. The van der Waals surface area contributed by atoms with Crippen LogP contribution in [0.2, 0.25) is 0 Å². The number of hydrogen-bond acceptors (Lipinski definition) is 6. The van der Waals surface area contributed by atoms with Crippen molar-refractivity contribution in [2.24, 2.45) is 0 Å². The largest absolute Gasteiger partial charge is 0.462 e. The van der Waals surface area contributed by atoms with E-state index in [1.807, 2.05) is 0 Å². The highest BCUT2D eigenvalue weighted by molar-refractivity contribution is 5.71. The van der Waals surface area contributed by atoms with Gasteiger partial charge in [0.1, 0.15) is 13.2 Å². The van der Waals surface area contributed by atoms with Gasteiger partial charge in [-0.3, -0.25) is 14.4 Å². The van der Waals surface area contributed by atoms with Gasteiger partial charge in [0.25, 0.3) is 0 Å². The molecule has 0 rings (SSSR count). The Morgan fingerprint density at radius 2 is 0.500 bits per heavy atom. The third kappa shape index (κ3) is 54.8. The number of rotatable bonds is 56. The fraction of sp³-hybridized carbons (Fsp3) is 0.887. The molecule has 0 heterocycles. The summed E-state index contributed by atoms with van der Waals surface area (Å²) in [5, 5.41) is 0. The summed E-state index contributed by atoms with van der Waals surface area (Å²) in [4.78, 5) is 38.1. The fourth-order valence-electron chi connectivity index (χ4n) is 9.07. The number of esters is 3. The van der Waals surface area contributed by atoms with Crippen molar-refractivity contribution in [1.82, 2.24) is 0 Å². The Hall–Kier alpha value is -2.11. The maximum atomic E-state index is 12.8. The van der Waals surface area contributed by atoms with Crippen LogP contribution in [0, 0.1) is 0 Å². The summed E-state index contributed by atoms with van der Waals surface area (Å²) >= 11 is 0. The van der Waals surface area contributed by atoms with Gasteiger partial charge in [0.15, 0.2) is 6.10 Å². The van der Waals surface area contributed by atoms with Gasteiger partial charge < -0.3 is 14.2 Å². The van der Waals surface area contributed by atoms with E-state index >= 15 is 0 Å². The molecule has 0 radical (unpaired) electrons. The molecule has 0 aliphatic heterocycles. The molecule has 6 nitrogen and oxygen atoms in total. The first-order valence-corrected chi connectivity index (χ1v) is 30.3. The van der Waals surface area contributed by atoms with Gasteiger partial charge in [-0.2, -0.15) is 0 Å². The lowest BCUT2D eigenvalue weighted by Crippen LogP contribution is -2.30. The molecule has 0 fully saturated rings. The van der Waals surface area contributed by atoms with Gasteiger partial charge in [0.05, 0.1) is 0 Å². The molecule has 0 aliphatic carbocycles. The molecule has 0 spiro atoms. The SMILES string of the molecule is CCCC/C=C\CCCCCCCC(=O)OCC(COC(=O)CCCCCCCCCCCCCCCCCCCCCCCCC)OC(=O)CCCCCCC/C=C\CCCCCCCCC. The Kier molecular flexibility index (Phi) is 55.7. The van der Waals surface area contributed by atoms with Crippen molar-refractivity contribution < 1.29 is 28.6 Å². The molecule has 68 heavy (non-hydrogen) atoms.